The first-order chi connectivity index (χ1) is 16.6. The monoisotopic (exact) mass is 465 g/mol. The van der Waals surface area contributed by atoms with E-state index >= 15 is 0 Å². The highest BCUT2D eigenvalue weighted by molar-refractivity contribution is 5.80. The maximum Gasteiger partial charge on any atom is 0.327 e. The van der Waals surface area contributed by atoms with Gasteiger partial charge in [0.05, 0.1) is 20.4 Å². The van der Waals surface area contributed by atoms with Gasteiger partial charge >= 0.3 is 5.97 Å². The summed E-state index contributed by atoms with van der Waals surface area (Å²) < 4.78 is 10.4. The van der Waals surface area contributed by atoms with Crippen LogP contribution < -0.4 is 15.5 Å². The largest absolute Gasteiger partial charge is 0.497 e. The Bertz CT molecular complexity index is 947. The molecule has 34 heavy (non-hydrogen) atoms. The third-order valence-corrected chi connectivity index (χ3v) is 7.03. The second kappa shape index (κ2) is 11.4. The molecule has 182 valence electrons. The minimum absolute atomic E-state index is 0.207. The number of hydrogen-bond acceptors (Lipinski definition) is 8. The van der Waals surface area contributed by atoms with Crippen LogP contribution in [0.5, 0.6) is 5.75 Å². The molecule has 8 nitrogen and oxygen atoms in total. The van der Waals surface area contributed by atoms with Gasteiger partial charge < -0.3 is 20.2 Å². The summed E-state index contributed by atoms with van der Waals surface area (Å²) in [6.07, 6.45) is 3.76. The fourth-order valence-electron chi connectivity index (χ4n) is 5.11. The fourth-order valence-corrected chi connectivity index (χ4v) is 5.11. The van der Waals surface area contributed by atoms with Crippen LogP contribution in [0.25, 0.3) is 0 Å². The smallest absolute Gasteiger partial charge is 0.327 e. The Morgan fingerprint density at radius 2 is 1.62 bits per heavy atom. The van der Waals surface area contributed by atoms with E-state index in [1.807, 2.05) is 36.4 Å². The van der Waals surface area contributed by atoms with Gasteiger partial charge in [0.25, 0.3) is 0 Å². The van der Waals surface area contributed by atoms with Crippen molar-refractivity contribution in [2.24, 2.45) is 10.9 Å². The van der Waals surface area contributed by atoms with Crippen LogP contribution in [0.15, 0.2) is 53.6 Å². The number of piperidine rings is 1. The number of nitrogens with two attached hydrogens (primary N) is 1. The Morgan fingerprint density at radius 1 is 0.971 bits per heavy atom. The number of rotatable bonds is 7. The van der Waals surface area contributed by atoms with E-state index in [0.29, 0.717) is 6.04 Å². The molecule has 2 saturated heterocycles. The number of carbonyl (C=O) groups is 1. The van der Waals surface area contributed by atoms with Gasteiger partial charge in [-0.3, -0.25) is 9.80 Å². The number of anilines is 1. The summed E-state index contributed by atoms with van der Waals surface area (Å²) in [5.41, 5.74) is 3.20. The van der Waals surface area contributed by atoms with Gasteiger partial charge in [0, 0.05) is 51.0 Å². The molecule has 2 fully saturated rings. The maximum absolute atomic E-state index is 12.7. The normalized spacial score (nSPS) is 19.3. The Balaban J connectivity index is 1.31. The molecule has 2 aromatic rings. The summed E-state index contributed by atoms with van der Waals surface area (Å²) in [5.74, 6) is 5.81. The fraction of sp³-hybridized carbons (Fsp3) is 0.462. The Kier molecular flexibility index (Phi) is 8.03. The van der Waals surface area contributed by atoms with Crippen LogP contribution in [-0.4, -0.2) is 81.5 Å². The number of methoxy groups -OCH3 is 2. The third kappa shape index (κ3) is 5.51. The van der Waals surface area contributed by atoms with Gasteiger partial charge in [-0.15, -0.1) is 0 Å². The molecule has 0 saturated carbocycles. The second-order valence-electron chi connectivity index (χ2n) is 8.86. The van der Waals surface area contributed by atoms with Gasteiger partial charge in [0.2, 0.25) is 0 Å². The number of likely N-dealkylation sites (tertiary alicyclic amines) is 1. The predicted octanol–water partition coefficient (Wildman–Crippen LogP) is 2.49. The van der Waals surface area contributed by atoms with Crippen molar-refractivity contribution < 1.29 is 14.3 Å². The van der Waals surface area contributed by atoms with E-state index in [9.17, 15) is 4.79 Å². The molecule has 0 spiro atoms. The lowest BCUT2D eigenvalue weighted by molar-refractivity contribution is -0.148. The molecule has 2 aliphatic rings. The van der Waals surface area contributed by atoms with Crippen LogP contribution >= 0.6 is 0 Å². The molecule has 0 aliphatic carbocycles. The molecular weight excluding hydrogens is 430 g/mol. The molecule has 2 N–H and O–H groups in total. The first-order valence-corrected chi connectivity index (χ1v) is 11.9. The first-order valence-electron chi connectivity index (χ1n) is 11.9. The van der Waals surface area contributed by atoms with Crippen molar-refractivity contribution in [3.05, 3.63) is 59.7 Å². The van der Waals surface area contributed by atoms with E-state index in [1.165, 1.54) is 12.8 Å². The van der Waals surface area contributed by atoms with Gasteiger partial charge in [-0.25, -0.2) is 4.79 Å². The van der Waals surface area contributed by atoms with E-state index in [0.717, 1.165) is 69.0 Å². The van der Waals surface area contributed by atoms with Crippen LogP contribution in [0.4, 0.5) is 5.69 Å². The van der Waals surface area contributed by atoms with Crippen molar-refractivity contribution in [1.82, 2.24) is 9.80 Å². The highest BCUT2D eigenvalue weighted by atomic mass is 16.5. The molecule has 0 amide bonds. The van der Waals surface area contributed by atoms with Gasteiger partial charge in [-0.05, 0) is 48.2 Å². The number of nitrogens with zero attached hydrogens (tertiary/aromatic N) is 4. The minimum Gasteiger partial charge on any atom is -0.497 e. The molecule has 0 radical (unpaired) electrons. The summed E-state index contributed by atoms with van der Waals surface area (Å²) in [7, 11) is 3.11. The highest BCUT2D eigenvalue weighted by Crippen LogP contribution is 2.29. The molecule has 1 atom stereocenters. The highest BCUT2D eigenvalue weighted by Gasteiger charge is 2.34. The molecular formula is C26H35N5O3. The first kappa shape index (κ1) is 24.0. The quantitative estimate of drug-likeness (QED) is 0.291. The average molecular weight is 466 g/mol. The number of ether oxygens (including phenoxy) is 2. The lowest BCUT2D eigenvalue weighted by Crippen LogP contribution is -2.54. The van der Waals surface area contributed by atoms with E-state index in [2.05, 4.69) is 31.9 Å². The SMILES string of the molecule is COC(=O)C(c1ccc(OC)cc1)N1CCC(N2CCN(c3ccc(C=NN)cc3)CC2)CC1. The molecule has 2 aromatic carbocycles. The van der Waals surface area contributed by atoms with Gasteiger partial charge in [-0.1, -0.05) is 24.3 Å². The van der Waals surface area contributed by atoms with Crippen molar-refractivity contribution in [1.29, 1.82) is 0 Å². The molecule has 0 aromatic heterocycles. The maximum atomic E-state index is 12.7. The van der Waals surface area contributed by atoms with Gasteiger partial charge in [-0.2, -0.15) is 5.10 Å². The summed E-state index contributed by atoms with van der Waals surface area (Å²) in [5, 5.41) is 3.59. The number of benzene rings is 2. The zero-order chi connectivity index (χ0) is 23.9. The Hall–Kier alpha value is -3.10. The zero-order valence-corrected chi connectivity index (χ0v) is 20.1. The topological polar surface area (TPSA) is 83.6 Å². The molecule has 2 heterocycles. The van der Waals surface area contributed by atoms with Crippen LogP contribution in [0.2, 0.25) is 0 Å². The van der Waals surface area contributed by atoms with Crippen LogP contribution in [-0.2, 0) is 9.53 Å². The van der Waals surface area contributed by atoms with Gasteiger partial charge in [0.15, 0.2) is 0 Å². The van der Waals surface area contributed by atoms with Crippen molar-refractivity contribution in [3.8, 4) is 5.75 Å². The summed E-state index contributed by atoms with van der Waals surface area (Å²) in [4.78, 5) is 20.0. The third-order valence-electron chi connectivity index (χ3n) is 7.03. The number of piperazine rings is 1. The molecule has 0 bridgehead atoms. The molecule has 4 rings (SSSR count). The average Bonchev–Trinajstić information content (AvgIpc) is 2.90. The molecule has 2 aliphatic heterocycles. The van der Waals surface area contributed by atoms with Crippen molar-refractivity contribution in [3.63, 3.8) is 0 Å². The Labute approximate surface area is 201 Å². The van der Waals surface area contributed by atoms with Crippen LogP contribution in [0.3, 0.4) is 0 Å². The summed E-state index contributed by atoms with van der Waals surface area (Å²) in [6.45, 7) is 5.88. The van der Waals surface area contributed by atoms with Crippen molar-refractivity contribution in [2.45, 2.75) is 24.9 Å². The van der Waals surface area contributed by atoms with E-state index in [-0.39, 0.29) is 12.0 Å². The minimum atomic E-state index is -0.374. The van der Waals surface area contributed by atoms with Crippen molar-refractivity contribution in [2.75, 3.05) is 58.4 Å². The lowest BCUT2D eigenvalue weighted by atomic mass is 9.97. The van der Waals surface area contributed by atoms with Gasteiger partial charge in [0.1, 0.15) is 11.8 Å². The van der Waals surface area contributed by atoms with Crippen LogP contribution in [0, 0.1) is 0 Å². The molecule has 1 unspecified atom stereocenters. The number of carbonyl (C=O) groups excluding carboxylic acids is 1. The lowest BCUT2D eigenvalue weighted by Gasteiger charge is -2.44. The predicted molar refractivity (Wildman–Crippen MR) is 134 cm³/mol. The van der Waals surface area contributed by atoms with E-state index in [4.69, 9.17) is 15.3 Å². The number of esters is 1. The number of hydrogen-bond donors (Lipinski definition) is 1. The van der Waals surface area contributed by atoms with Crippen molar-refractivity contribution >= 4 is 17.9 Å². The van der Waals surface area contributed by atoms with E-state index < -0.39 is 0 Å². The zero-order valence-electron chi connectivity index (χ0n) is 20.1. The Morgan fingerprint density at radius 3 is 2.18 bits per heavy atom. The van der Waals surface area contributed by atoms with E-state index in [1.54, 1.807) is 13.3 Å². The standard InChI is InChI=1S/C26H35N5O3/c1-33-24-9-5-21(6-10-24)25(26(32)34-2)31-13-11-23(12-14-31)30-17-15-29(16-18-30)22-7-3-20(4-8-22)19-28-27/h3-10,19,23,25H,11-18,27H2,1-2H3. The summed E-state index contributed by atoms with van der Waals surface area (Å²) >= 11 is 0. The number of hydrazone groups is 1. The molecule has 8 heteroatoms. The second-order valence-corrected chi connectivity index (χ2v) is 8.86. The summed E-state index contributed by atoms with van der Waals surface area (Å²) in [6, 6.07) is 16.3. The van der Waals surface area contributed by atoms with Crippen LogP contribution in [0.1, 0.15) is 30.0 Å².